The first kappa shape index (κ1) is 49.0. The Kier molecular flexibility index (Phi) is 16.8. The molecular formula is C49H64N10O7. The van der Waals surface area contributed by atoms with Crippen LogP contribution in [-0.4, -0.2) is 127 Å². The third kappa shape index (κ3) is 11.7. The minimum Gasteiger partial charge on any atom is -0.347 e. The van der Waals surface area contributed by atoms with Crippen LogP contribution in [0.25, 0.3) is 0 Å². The lowest BCUT2D eigenvalue weighted by Gasteiger charge is -2.31. The molecule has 66 heavy (non-hydrogen) atoms. The molecule has 4 aliphatic rings. The molecule has 8 amide bonds. The van der Waals surface area contributed by atoms with E-state index in [9.17, 15) is 33.6 Å². The molecule has 2 aromatic rings. The van der Waals surface area contributed by atoms with Crippen molar-refractivity contribution in [2.75, 3.05) is 27.2 Å². The summed E-state index contributed by atoms with van der Waals surface area (Å²) in [5, 5.41) is 23.3. The van der Waals surface area contributed by atoms with Crippen LogP contribution >= 0.6 is 0 Å². The summed E-state index contributed by atoms with van der Waals surface area (Å²) in [5.74, 6) is 2.12. The molecule has 0 unspecified atom stereocenters. The van der Waals surface area contributed by atoms with Gasteiger partial charge in [-0.05, 0) is 102 Å². The van der Waals surface area contributed by atoms with E-state index in [0.717, 1.165) is 47.9 Å². The van der Waals surface area contributed by atoms with Gasteiger partial charge in [-0.1, -0.05) is 48.5 Å². The van der Waals surface area contributed by atoms with Gasteiger partial charge in [0.2, 0.25) is 35.4 Å². The van der Waals surface area contributed by atoms with Gasteiger partial charge in [0.25, 0.3) is 0 Å². The summed E-state index contributed by atoms with van der Waals surface area (Å²) in [6.45, 7) is 3.16. The molecule has 17 heteroatoms. The Morgan fingerprint density at radius 2 is 1.02 bits per heavy atom. The van der Waals surface area contributed by atoms with Gasteiger partial charge in [-0.15, -0.1) is 24.7 Å². The topological polar surface area (TPSA) is 222 Å². The van der Waals surface area contributed by atoms with Crippen molar-refractivity contribution in [3.8, 4) is 24.7 Å². The molecule has 17 nitrogen and oxygen atoms in total. The number of hydrogen-bond donors (Lipinski definition) is 8. The number of amides is 8. The predicted molar refractivity (Wildman–Crippen MR) is 248 cm³/mol. The molecule has 2 fully saturated rings. The minimum absolute atomic E-state index is 0.0602. The molecule has 0 aromatic heterocycles. The molecule has 0 saturated carbocycles. The fourth-order valence-corrected chi connectivity index (χ4v) is 9.51. The van der Waals surface area contributed by atoms with E-state index in [1.165, 1.54) is 9.80 Å². The Morgan fingerprint density at radius 1 is 0.621 bits per heavy atom. The van der Waals surface area contributed by atoms with E-state index in [1.54, 1.807) is 27.9 Å². The normalized spacial score (nSPS) is 23.8. The van der Waals surface area contributed by atoms with Gasteiger partial charge in [-0.2, -0.15) is 0 Å². The van der Waals surface area contributed by atoms with E-state index in [2.05, 4.69) is 54.4 Å². The van der Waals surface area contributed by atoms with Crippen molar-refractivity contribution < 1.29 is 33.6 Å². The molecule has 2 aliphatic carbocycles. The van der Waals surface area contributed by atoms with Gasteiger partial charge < -0.3 is 52.3 Å². The highest BCUT2D eigenvalue weighted by Gasteiger charge is 2.46. The number of nitrogens with one attached hydrogen (secondary N) is 8. The van der Waals surface area contributed by atoms with Crippen LogP contribution in [0.2, 0.25) is 0 Å². The number of likely N-dealkylation sites (N-methyl/N-ethyl adjacent to an activating group) is 2. The van der Waals surface area contributed by atoms with Crippen molar-refractivity contribution in [3.63, 3.8) is 0 Å². The molecule has 10 atom stereocenters. The Bertz CT molecular complexity index is 2070. The molecule has 0 spiro atoms. The average Bonchev–Trinajstić information content (AvgIpc) is 3.95. The Labute approximate surface area is 387 Å². The lowest BCUT2D eigenvalue weighted by Crippen LogP contribution is -2.56. The van der Waals surface area contributed by atoms with Crippen LogP contribution in [0.1, 0.15) is 99.6 Å². The average molecular weight is 905 g/mol. The second kappa shape index (κ2) is 22.7. The largest absolute Gasteiger partial charge is 0.347 e. The van der Waals surface area contributed by atoms with Crippen molar-refractivity contribution in [2.24, 2.45) is 0 Å². The zero-order valence-corrected chi connectivity index (χ0v) is 38.3. The molecule has 8 N–H and O–H groups in total. The molecule has 352 valence electrons. The number of aryl methyl sites for hydroxylation is 2. The smallest absolute Gasteiger partial charge is 0.315 e. The summed E-state index contributed by atoms with van der Waals surface area (Å²) in [7, 11) is 3.23. The van der Waals surface area contributed by atoms with E-state index in [4.69, 9.17) is 12.8 Å². The first-order valence-corrected chi connectivity index (χ1v) is 23.0. The van der Waals surface area contributed by atoms with Crippen LogP contribution in [0.15, 0.2) is 48.5 Å². The van der Waals surface area contributed by atoms with Crippen molar-refractivity contribution in [3.05, 3.63) is 70.8 Å². The molecular weight excluding hydrogens is 841 g/mol. The first-order valence-electron chi connectivity index (χ1n) is 23.0. The lowest BCUT2D eigenvalue weighted by atomic mass is 9.87. The quantitative estimate of drug-likeness (QED) is 0.112. The fourth-order valence-electron chi connectivity index (χ4n) is 9.51. The van der Waals surface area contributed by atoms with Crippen molar-refractivity contribution in [1.82, 2.24) is 52.3 Å². The highest BCUT2D eigenvalue weighted by molar-refractivity contribution is 5.95. The number of rotatable bonds is 16. The summed E-state index contributed by atoms with van der Waals surface area (Å²) in [6.07, 6.45) is 16.1. The maximum atomic E-state index is 14.3. The van der Waals surface area contributed by atoms with Gasteiger partial charge in [-0.25, -0.2) is 4.79 Å². The van der Waals surface area contributed by atoms with Crippen LogP contribution in [0.4, 0.5) is 4.79 Å². The van der Waals surface area contributed by atoms with Gasteiger partial charge in [0, 0.05) is 25.9 Å². The van der Waals surface area contributed by atoms with Gasteiger partial charge in [-0.3, -0.25) is 28.8 Å². The summed E-state index contributed by atoms with van der Waals surface area (Å²) in [6, 6.07) is 7.69. The zero-order valence-electron chi connectivity index (χ0n) is 38.3. The van der Waals surface area contributed by atoms with E-state index in [1.807, 2.05) is 48.5 Å². The summed E-state index contributed by atoms with van der Waals surface area (Å²) >= 11 is 0. The SMILES string of the molecule is C#CC[C@H](NC(=O)[C@H](C)NC)C(=O)N1C[C@@H](NC(=O)N[C@H]2C[C@@H](C(=O)N[C@@H]3CCCc4ccccc43)N(C(=O)[C@H](CC#C)NC(=O)[C@H](C)NC)C2)C[C@H]1C(=O)N[C@@H]1CCCc2ccccc21. The van der Waals surface area contributed by atoms with E-state index in [0.29, 0.717) is 12.8 Å². The monoisotopic (exact) mass is 904 g/mol. The van der Waals surface area contributed by atoms with Gasteiger partial charge in [0.1, 0.15) is 24.2 Å². The van der Waals surface area contributed by atoms with Crippen LogP contribution in [0.3, 0.4) is 0 Å². The molecule has 2 aliphatic heterocycles. The second-order valence-electron chi connectivity index (χ2n) is 17.8. The van der Waals surface area contributed by atoms with Crippen LogP contribution in [-0.2, 0) is 41.6 Å². The highest BCUT2D eigenvalue weighted by Crippen LogP contribution is 2.32. The molecule has 0 bridgehead atoms. The third-order valence-electron chi connectivity index (χ3n) is 13.3. The highest BCUT2D eigenvalue weighted by atomic mass is 16.2. The molecule has 2 saturated heterocycles. The maximum absolute atomic E-state index is 14.3. The van der Waals surface area contributed by atoms with Crippen LogP contribution < -0.4 is 42.5 Å². The molecule has 2 heterocycles. The Morgan fingerprint density at radius 3 is 1.39 bits per heavy atom. The number of carbonyl (C=O) groups excluding carboxylic acids is 7. The van der Waals surface area contributed by atoms with Gasteiger partial charge in [0.15, 0.2) is 0 Å². The van der Waals surface area contributed by atoms with Gasteiger partial charge in [0.05, 0.1) is 36.3 Å². The molecule has 0 radical (unpaired) electrons. The molecule has 2 aromatic carbocycles. The second-order valence-corrected chi connectivity index (χ2v) is 17.8. The number of terminal acetylenes is 2. The number of carbonyl (C=O) groups is 7. The Hall–Kier alpha value is -6.43. The summed E-state index contributed by atoms with van der Waals surface area (Å²) < 4.78 is 0. The standard InChI is InChI=1S/C49H64N10O7/c1-7-15-39(56-43(60)29(3)50-5)47(64)58-27-33(25-41(58)45(62)54-37-23-13-19-31-17-9-11-21-35(31)37)52-49(66)53-34-26-42(46(63)55-38-24-14-20-32-18-10-12-22-36(32)38)59(28-34)48(65)40(16-8-2)57-44(61)30(4)51-6/h1-2,9-12,17-18,21-22,29-30,33-34,37-42,50-51H,13-16,19-20,23-28H2,3-6H3,(H,54,62)(H,55,63)(H,56,60)(H,57,61)(H2,52,53,66)/t29-,30-,33-,34-,37+,38+,39-,40-,41-,42-/m0/s1. The van der Waals surface area contributed by atoms with Crippen molar-refractivity contribution >= 4 is 41.5 Å². The fraction of sp³-hybridized carbons (Fsp3) is 0.531. The number of nitrogens with zero attached hydrogens (tertiary/aromatic N) is 2. The van der Waals surface area contributed by atoms with E-state index < -0.39 is 89.8 Å². The Balaban J connectivity index is 1.20. The number of hydrogen-bond acceptors (Lipinski definition) is 9. The lowest BCUT2D eigenvalue weighted by molar-refractivity contribution is -0.141. The van der Waals surface area contributed by atoms with Crippen molar-refractivity contribution in [1.29, 1.82) is 0 Å². The number of urea groups is 1. The van der Waals surface area contributed by atoms with Crippen LogP contribution in [0.5, 0.6) is 0 Å². The number of benzene rings is 2. The van der Waals surface area contributed by atoms with E-state index >= 15 is 0 Å². The first-order chi connectivity index (χ1) is 31.8. The zero-order chi connectivity index (χ0) is 47.5. The predicted octanol–water partition coefficient (Wildman–Crippen LogP) is 0.844. The van der Waals surface area contributed by atoms with Gasteiger partial charge >= 0.3 is 6.03 Å². The molecule has 6 rings (SSSR count). The minimum atomic E-state index is -1.13. The summed E-state index contributed by atoms with van der Waals surface area (Å²) in [5.41, 5.74) is 4.32. The van der Waals surface area contributed by atoms with E-state index in [-0.39, 0.29) is 50.9 Å². The van der Waals surface area contributed by atoms with Crippen molar-refractivity contribution in [2.45, 2.75) is 138 Å². The number of likely N-dealkylation sites (tertiary alicyclic amines) is 2. The third-order valence-corrected chi connectivity index (χ3v) is 13.3. The number of fused-ring (bicyclic) bond motifs is 2. The van der Waals surface area contributed by atoms with Crippen LogP contribution in [0, 0.1) is 24.7 Å². The maximum Gasteiger partial charge on any atom is 0.315 e. The summed E-state index contributed by atoms with van der Waals surface area (Å²) in [4.78, 5) is 99.7.